The highest BCUT2D eigenvalue weighted by Crippen LogP contribution is 2.14. The molecule has 6 heteroatoms. The number of hydrogen-bond acceptors (Lipinski definition) is 4. The third-order valence-corrected chi connectivity index (χ3v) is 4.15. The predicted molar refractivity (Wildman–Crippen MR) is 102 cm³/mol. The van der Waals surface area contributed by atoms with E-state index in [1.165, 1.54) is 5.56 Å². The predicted octanol–water partition coefficient (Wildman–Crippen LogP) is 3.88. The Morgan fingerprint density at radius 3 is 2.72 bits per heavy atom. The van der Waals surface area contributed by atoms with Gasteiger partial charge >= 0.3 is 0 Å². The quantitative estimate of drug-likeness (QED) is 0.654. The van der Waals surface area contributed by atoms with Gasteiger partial charge in [-0.05, 0) is 43.9 Å². The Bertz CT molecular complexity index is 872. The number of H-pyrrole nitrogens is 1. The molecule has 0 amide bonds. The second kappa shape index (κ2) is 8.09. The van der Waals surface area contributed by atoms with Crippen LogP contribution in [0.2, 0.25) is 0 Å². The molecule has 25 heavy (non-hydrogen) atoms. The van der Waals surface area contributed by atoms with Crippen molar-refractivity contribution < 1.29 is 4.74 Å². The summed E-state index contributed by atoms with van der Waals surface area (Å²) in [5.74, 6) is 1.69. The highest BCUT2D eigenvalue weighted by Gasteiger charge is 2.07. The molecular weight excluding hydrogens is 332 g/mol. The maximum absolute atomic E-state index is 5.80. The van der Waals surface area contributed by atoms with E-state index in [9.17, 15) is 0 Å². The summed E-state index contributed by atoms with van der Waals surface area (Å²) in [4.78, 5) is 6.57. The number of benzene rings is 2. The molecule has 2 aromatic carbocycles. The van der Waals surface area contributed by atoms with Gasteiger partial charge in [-0.1, -0.05) is 42.5 Å². The number of likely N-dealkylation sites (N-methyl/N-ethyl adjacent to an activating group) is 1. The molecule has 3 rings (SSSR count). The molecule has 5 nitrogen and oxygen atoms in total. The monoisotopic (exact) mass is 354 g/mol. The van der Waals surface area contributed by atoms with Gasteiger partial charge in [-0.25, -0.2) is 4.68 Å². The highest BCUT2D eigenvalue weighted by molar-refractivity contribution is 7.71. The number of ether oxygens (including phenoxy) is 1. The van der Waals surface area contributed by atoms with Crippen LogP contribution in [0.25, 0.3) is 11.4 Å². The molecule has 0 fully saturated rings. The van der Waals surface area contributed by atoms with Crippen molar-refractivity contribution in [1.29, 1.82) is 0 Å². The van der Waals surface area contributed by atoms with E-state index >= 15 is 0 Å². The molecule has 0 spiro atoms. The van der Waals surface area contributed by atoms with E-state index in [4.69, 9.17) is 17.0 Å². The van der Waals surface area contributed by atoms with Gasteiger partial charge in [-0.3, -0.25) is 10.00 Å². The largest absolute Gasteiger partial charge is 0.492 e. The van der Waals surface area contributed by atoms with E-state index in [0.29, 0.717) is 18.0 Å². The van der Waals surface area contributed by atoms with Crippen molar-refractivity contribution in [2.45, 2.75) is 13.6 Å². The smallest absolute Gasteiger partial charge is 0.217 e. The summed E-state index contributed by atoms with van der Waals surface area (Å²) in [6.45, 7) is 4.10. The van der Waals surface area contributed by atoms with Gasteiger partial charge in [0.15, 0.2) is 5.82 Å². The molecule has 0 aliphatic rings. The average molecular weight is 354 g/mol. The number of aromatic amines is 1. The standard InChI is InChI=1S/C19H22N4OS/c1-15-7-6-10-17(13-15)24-12-11-22(2)14-23-19(25)20-18(21-23)16-8-4-3-5-9-16/h3-10,13H,11-12,14H2,1-2H3,(H,20,21,25). The molecule has 0 saturated heterocycles. The molecule has 1 heterocycles. The molecule has 0 atom stereocenters. The molecule has 1 aromatic heterocycles. The minimum atomic E-state index is 0.547. The molecular formula is C19H22N4OS. The number of nitrogens with one attached hydrogen (secondary N) is 1. The van der Waals surface area contributed by atoms with Gasteiger partial charge in [0.1, 0.15) is 12.4 Å². The molecule has 0 saturated carbocycles. The topological polar surface area (TPSA) is 46.1 Å². The third-order valence-electron chi connectivity index (χ3n) is 3.84. The van der Waals surface area contributed by atoms with Gasteiger partial charge in [0, 0.05) is 12.1 Å². The van der Waals surface area contributed by atoms with Crippen molar-refractivity contribution in [3.05, 3.63) is 64.9 Å². The van der Waals surface area contributed by atoms with E-state index in [0.717, 1.165) is 23.7 Å². The van der Waals surface area contributed by atoms with Crippen molar-refractivity contribution in [2.75, 3.05) is 20.2 Å². The maximum Gasteiger partial charge on any atom is 0.217 e. The van der Waals surface area contributed by atoms with Crippen molar-refractivity contribution in [3.63, 3.8) is 0 Å². The van der Waals surface area contributed by atoms with Gasteiger partial charge in [-0.2, -0.15) is 4.98 Å². The fourth-order valence-corrected chi connectivity index (χ4v) is 2.71. The van der Waals surface area contributed by atoms with Crippen LogP contribution in [0.4, 0.5) is 0 Å². The lowest BCUT2D eigenvalue weighted by Crippen LogP contribution is -2.27. The number of rotatable bonds is 7. The molecule has 0 aliphatic heterocycles. The first kappa shape index (κ1) is 17.4. The summed E-state index contributed by atoms with van der Waals surface area (Å²) >= 11 is 5.36. The van der Waals surface area contributed by atoms with Gasteiger partial charge < -0.3 is 4.74 Å². The number of aryl methyl sites for hydroxylation is 1. The van der Waals surface area contributed by atoms with E-state index in [1.807, 2.05) is 60.3 Å². The van der Waals surface area contributed by atoms with E-state index in [2.05, 4.69) is 28.0 Å². The van der Waals surface area contributed by atoms with E-state index in [1.54, 1.807) is 0 Å². The van der Waals surface area contributed by atoms with Crippen LogP contribution >= 0.6 is 12.2 Å². The Morgan fingerprint density at radius 1 is 1.16 bits per heavy atom. The second-order valence-electron chi connectivity index (χ2n) is 6.03. The lowest BCUT2D eigenvalue weighted by atomic mass is 10.2. The zero-order valence-corrected chi connectivity index (χ0v) is 15.3. The summed E-state index contributed by atoms with van der Waals surface area (Å²) in [5, 5.41) is 3.26. The summed E-state index contributed by atoms with van der Waals surface area (Å²) in [7, 11) is 2.03. The minimum absolute atomic E-state index is 0.547. The summed E-state index contributed by atoms with van der Waals surface area (Å²) in [6, 6.07) is 18.1. The highest BCUT2D eigenvalue weighted by atomic mass is 32.1. The van der Waals surface area contributed by atoms with E-state index in [-0.39, 0.29) is 0 Å². The average Bonchev–Trinajstić information content (AvgIpc) is 2.96. The maximum atomic E-state index is 5.80. The van der Waals surface area contributed by atoms with Crippen molar-refractivity contribution in [3.8, 4) is 17.1 Å². The molecule has 1 N–H and O–H groups in total. The molecule has 130 valence electrons. The number of aromatic nitrogens is 3. The normalized spacial score (nSPS) is 11.0. The molecule has 3 aromatic rings. The van der Waals surface area contributed by atoms with Crippen molar-refractivity contribution >= 4 is 12.2 Å². The first-order chi connectivity index (χ1) is 12.1. The zero-order chi connectivity index (χ0) is 17.6. The van der Waals surface area contributed by atoms with Crippen LogP contribution in [-0.2, 0) is 6.67 Å². The molecule has 0 aliphatic carbocycles. The first-order valence-electron chi connectivity index (χ1n) is 8.22. The Balaban J connectivity index is 1.55. The third kappa shape index (κ3) is 4.78. The zero-order valence-electron chi connectivity index (χ0n) is 14.5. The Morgan fingerprint density at radius 2 is 1.96 bits per heavy atom. The van der Waals surface area contributed by atoms with Crippen molar-refractivity contribution in [1.82, 2.24) is 19.7 Å². The summed E-state index contributed by atoms with van der Waals surface area (Å²) in [6.07, 6.45) is 0. The number of hydrogen-bond donors (Lipinski definition) is 1. The summed E-state index contributed by atoms with van der Waals surface area (Å²) in [5.41, 5.74) is 2.22. The van der Waals surface area contributed by atoms with Crippen LogP contribution in [0.3, 0.4) is 0 Å². The Labute approximate surface area is 152 Å². The van der Waals surface area contributed by atoms with Crippen molar-refractivity contribution in [2.24, 2.45) is 0 Å². The fraction of sp³-hybridized carbons (Fsp3) is 0.263. The van der Waals surface area contributed by atoms with Crippen LogP contribution in [-0.4, -0.2) is 39.9 Å². The molecule has 0 radical (unpaired) electrons. The van der Waals surface area contributed by atoms with Gasteiger partial charge in [0.2, 0.25) is 4.77 Å². The van der Waals surface area contributed by atoms with Gasteiger partial charge in [0.25, 0.3) is 0 Å². The second-order valence-corrected chi connectivity index (χ2v) is 6.40. The summed E-state index contributed by atoms with van der Waals surface area (Å²) < 4.78 is 8.21. The molecule has 0 bridgehead atoms. The number of nitrogens with zero attached hydrogens (tertiary/aromatic N) is 3. The van der Waals surface area contributed by atoms with Crippen LogP contribution in [0.1, 0.15) is 5.56 Å². The van der Waals surface area contributed by atoms with Gasteiger partial charge in [-0.15, -0.1) is 0 Å². The Kier molecular flexibility index (Phi) is 5.63. The lowest BCUT2D eigenvalue weighted by molar-refractivity contribution is 0.198. The lowest BCUT2D eigenvalue weighted by Gasteiger charge is -2.17. The Hall–Kier alpha value is -2.44. The molecule has 0 unspecified atom stereocenters. The van der Waals surface area contributed by atoms with Crippen LogP contribution in [0.15, 0.2) is 54.6 Å². The van der Waals surface area contributed by atoms with Gasteiger partial charge in [0.05, 0.1) is 6.67 Å². The van der Waals surface area contributed by atoms with Crippen LogP contribution in [0, 0.1) is 11.7 Å². The van der Waals surface area contributed by atoms with Crippen LogP contribution < -0.4 is 4.74 Å². The fourth-order valence-electron chi connectivity index (χ4n) is 2.51. The van der Waals surface area contributed by atoms with E-state index < -0.39 is 0 Å². The van der Waals surface area contributed by atoms with Crippen LogP contribution in [0.5, 0.6) is 5.75 Å². The first-order valence-corrected chi connectivity index (χ1v) is 8.63. The SMILES string of the molecule is Cc1cccc(OCCN(C)Cn2[nH]c(-c3ccccc3)nc2=S)c1. The minimum Gasteiger partial charge on any atom is -0.492 e.